The van der Waals surface area contributed by atoms with Crippen molar-refractivity contribution in [2.24, 2.45) is 0 Å². The lowest BCUT2D eigenvalue weighted by atomic mass is 9.99. The quantitative estimate of drug-likeness (QED) is 0.0149. The Bertz CT molecular complexity index is 1610. The van der Waals surface area contributed by atoms with Crippen LogP contribution in [0, 0.1) is 0 Å². The van der Waals surface area contributed by atoms with Gasteiger partial charge in [0.15, 0.2) is 12.4 Å². The molecule has 74 heavy (non-hydrogen) atoms. The highest BCUT2D eigenvalue weighted by Gasteiger charge is 2.47. The molecule has 1 amide bonds. The highest BCUT2D eigenvalue weighted by atomic mass is 16.7. The summed E-state index contributed by atoms with van der Waals surface area (Å²) < 4.78 is 17.5. The van der Waals surface area contributed by atoms with Crippen LogP contribution in [0.3, 0.4) is 0 Å². The lowest BCUT2D eigenvalue weighted by Gasteiger charge is -2.41. The van der Waals surface area contributed by atoms with E-state index >= 15 is 0 Å². The van der Waals surface area contributed by atoms with Crippen LogP contribution in [0.15, 0.2) is 109 Å². The number of aliphatic hydroxyl groups excluding tert-OH is 5. The third kappa shape index (κ3) is 38.0. The van der Waals surface area contributed by atoms with Crippen LogP contribution in [0.25, 0.3) is 0 Å². The largest absolute Gasteiger partial charge is 0.454 e. The number of unbranched alkanes of at least 4 members (excludes halogenated alkanes) is 21. The predicted octanol–water partition coefficient (Wildman–Crippen LogP) is 13.3. The summed E-state index contributed by atoms with van der Waals surface area (Å²) in [6, 6.07) is -1.05. The van der Waals surface area contributed by atoms with Crippen molar-refractivity contribution in [2.45, 2.75) is 262 Å². The van der Waals surface area contributed by atoms with Gasteiger partial charge in [0, 0.05) is 6.42 Å². The number of hydrogen-bond acceptors (Lipinski definition) is 10. The molecule has 0 aromatic carbocycles. The van der Waals surface area contributed by atoms with Crippen LogP contribution in [0.2, 0.25) is 0 Å². The van der Waals surface area contributed by atoms with Gasteiger partial charge in [-0.25, -0.2) is 0 Å². The molecule has 8 atom stereocenters. The Hall–Kier alpha value is -3.68. The molecule has 11 heteroatoms. The van der Waals surface area contributed by atoms with Gasteiger partial charge in [-0.15, -0.1) is 0 Å². The molecule has 0 aliphatic carbocycles. The average Bonchev–Trinajstić information content (AvgIpc) is 3.40. The van der Waals surface area contributed by atoms with Crippen LogP contribution in [-0.4, -0.2) is 99.6 Å². The Morgan fingerprint density at radius 1 is 0.554 bits per heavy atom. The van der Waals surface area contributed by atoms with E-state index in [9.17, 15) is 35.1 Å². The topological polar surface area (TPSA) is 175 Å². The third-order valence-electron chi connectivity index (χ3n) is 13.0. The zero-order valence-corrected chi connectivity index (χ0v) is 46.4. The molecular weight excluding hydrogens is 931 g/mol. The highest BCUT2D eigenvalue weighted by Crippen LogP contribution is 2.26. The lowest BCUT2D eigenvalue weighted by Crippen LogP contribution is -2.61. The number of carbonyl (C=O) groups excluding carboxylic acids is 2. The summed E-state index contributed by atoms with van der Waals surface area (Å²) in [5.74, 6) is -1.26. The van der Waals surface area contributed by atoms with Crippen molar-refractivity contribution >= 4 is 11.9 Å². The number of esters is 1. The number of hydrogen-bond donors (Lipinski definition) is 6. The lowest BCUT2D eigenvalue weighted by molar-refractivity contribution is -0.305. The zero-order chi connectivity index (χ0) is 54.0. The van der Waals surface area contributed by atoms with E-state index in [2.05, 4.69) is 74.7 Å². The van der Waals surface area contributed by atoms with Gasteiger partial charge in [-0.2, -0.15) is 0 Å². The van der Waals surface area contributed by atoms with Crippen LogP contribution >= 0.6 is 0 Å². The molecular formula is C63H105NO10. The minimum absolute atomic E-state index is 0.0667. The van der Waals surface area contributed by atoms with Crippen LogP contribution in [0.4, 0.5) is 0 Å². The van der Waals surface area contributed by atoms with Gasteiger partial charge in [0.2, 0.25) is 5.91 Å². The Labute approximate surface area is 449 Å². The number of ether oxygens (including phenoxy) is 3. The zero-order valence-electron chi connectivity index (χ0n) is 46.4. The summed E-state index contributed by atoms with van der Waals surface area (Å²) in [6.45, 7) is 5.56. The van der Waals surface area contributed by atoms with Gasteiger partial charge in [0.05, 0.1) is 25.4 Å². The van der Waals surface area contributed by atoms with Crippen molar-refractivity contribution in [1.82, 2.24) is 5.32 Å². The third-order valence-corrected chi connectivity index (χ3v) is 13.0. The molecule has 1 fully saturated rings. The molecule has 0 saturated carbocycles. The first-order valence-corrected chi connectivity index (χ1v) is 29.2. The number of aliphatic hydroxyl groups is 5. The second kappa shape index (κ2) is 50.2. The fourth-order valence-corrected chi connectivity index (χ4v) is 8.38. The SMILES string of the molecule is CC/C=C/C=C/C=C\C=C/C=C/CCCCCC(=O)OC1C(OCC(NC(=O)C(O)CCCCCCC/C=C\C/C=C\C/C=C\CCCCC)C(O)/C=C/CCCCCCCCCCCC)OC(CO)C(O)C1O. The van der Waals surface area contributed by atoms with E-state index in [-0.39, 0.29) is 19.4 Å². The minimum atomic E-state index is -1.64. The predicted molar refractivity (Wildman–Crippen MR) is 305 cm³/mol. The Kier molecular flexibility index (Phi) is 46.3. The molecule has 8 unspecified atom stereocenters. The van der Waals surface area contributed by atoms with E-state index in [1.54, 1.807) is 6.08 Å². The first kappa shape index (κ1) is 68.3. The van der Waals surface area contributed by atoms with Gasteiger partial charge < -0.3 is 45.1 Å². The number of allylic oxidation sites excluding steroid dienone is 17. The Balaban J connectivity index is 2.77. The molecule has 1 heterocycles. The summed E-state index contributed by atoms with van der Waals surface area (Å²) in [5, 5.41) is 56.8. The van der Waals surface area contributed by atoms with Crippen molar-refractivity contribution < 1.29 is 49.3 Å². The maximum absolute atomic E-state index is 13.4. The summed E-state index contributed by atoms with van der Waals surface area (Å²) >= 11 is 0. The minimum Gasteiger partial charge on any atom is -0.454 e. The van der Waals surface area contributed by atoms with E-state index in [0.717, 1.165) is 96.3 Å². The molecule has 1 saturated heterocycles. The number of rotatable bonds is 47. The van der Waals surface area contributed by atoms with Gasteiger partial charge in [0.1, 0.15) is 24.4 Å². The molecule has 0 bridgehead atoms. The van der Waals surface area contributed by atoms with E-state index in [1.165, 1.54) is 70.6 Å². The smallest absolute Gasteiger partial charge is 0.306 e. The van der Waals surface area contributed by atoms with Gasteiger partial charge in [0.25, 0.3) is 0 Å². The standard InChI is InChI=1S/C63H105NO10/c1-4-7-10-13-16-19-22-25-27-28-29-31-32-35-38-41-44-47-50-56(67)62(71)64-54(55(66)49-46-43-40-37-34-24-21-18-15-12-9-6-3)53-72-63-61(60(70)59(69)57(52-65)73-63)74-58(68)51-48-45-42-39-36-33-30-26-23-20-17-14-11-8-5-2/h8,11,14,16-17,19-20,23,25-27,29-31,33,36,46,49,54-57,59-61,63,65-67,69-70H,4-7,9-10,12-13,15,18,21-22,24,28,32,34-35,37-45,47-48,50-53H2,1-3H3,(H,64,71)/b11-8+,17-14+,19-16-,23-20-,27-25-,30-26-,31-29-,36-33+,49-46+. The van der Waals surface area contributed by atoms with Crippen LogP contribution in [-0.2, 0) is 23.8 Å². The van der Waals surface area contributed by atoms with Crippen LogP contribution in [0.5, 0.6) is 0 Å². The molecule has 0 radical (unpaired) electrons. The molecule has 0 spiro atoms. The molecule has 1 aliphatic rings. The molecule has 422 valence electrons. The van der Waals surface area contributed by atoms with E-state index < -0.39 is 67.4 Å². The molecule has 6 N–H and O–H groups in total. The van der Waals surface area contributed by atoms with E-state index in [0.29, 0.717) is 12.8 Å². The number of carbonyl (C=O) groups is 2. The van der Waals surface area contributed by atoms with Crippen molar-refractivity contribution in [2.75, 3.05) is 13.2 Å². The van der Waals surface area contributed by atoms with Crippen molar-refractivity contribution in [1.29, 1.82) is 0 Å². The first-order chi connectivity index (χ1) is 36.2. The molecule has 11 nitrogen and oxygen atoms in total. The van der Waals surface area contributed by atoms with E-state index in [4.69, 9.17) is 14.2 Å². The second-order valence-electron chi connectivity index (χ2n) is 19.8. The van der Waals surface area contributed by atoms with Crippen molar-refractivity contribution in [3.8, 4) is 0 Å². The molecule has 1 aliphatic heterocycles. The monoisotopic (exact) mass is 1040 g/mol. The van der Waals surface area contributed by atoms with Crippen LogP contribution in [0.1, 0.15) is 213 Å². The normalized spacial score (nSPS) is 20.1. The summed E-state index contributed by atoms with van der Waals surface area (Å²) in [6.07, 6.45) is 56.9. The summed E-state index contributed by atoms with van der Waals surface area (Å²) in [7, 11) is 0. The van der Waals surface area contributed by atoms with Crippen molar-refractivity contribution in [3.05, 3.63) is 109 Å². The fraction of sp³-hybridized carbons (Fsp3) is 0.683. The van der Waals surface area contributed by atoms with Gasteiger partial charge >= 0.3 is 5.97 Å². The molecule has 0 aromatic rings. The molecule has 1 rings (SSSR count). The number of amides is 1. The second-order valence-corrected chi connectivity index (χ2v) is 19.8. The Morgan fingerprint density at radius 3 is 1.61 bits per heavy atom. The van der Waals surface area contributed by atoms with Crippen molar-refractivity contribution in [3.63, 3.8) is 0 Å². The van der Waals surface area contributed by atoms with Gasteiger partial charge in [-0.1, -0.05) is 233 Å². The maximum atomic E-state index is 13.4. The maximum Gasteiger partial charge on any atom is 0.306 e. The summed E-state index contributed by atoms with van der Waals surface area (Å²) in [5.41, 5.74) is 0. The highest BCUT2D eigenvalue weighted by molar-refractivity contribution is 5.80. The Morgan fingerprint density at radius 2 is 1.03 bits per heavy atom. The van der Waals surface area contributed by atoms with E-state index in [1.807, 2.05) is 54.7 Å². The first-order valence-electron chi connectivity index (χ1n) is 29.2. The van der Waals surface area contributed by atoms with Crippen LogP contribution < -0.4 is 5.32 Å². The number of nitrogens with one attached hydrogen (secondary N) is 1. The summed E-state index contributed by atoms with van der Waals surface area (Å²) in [4.78, 5) is 26.5. The average molecular weight is 1040 g/mol. The van der Waals surface area contributed by atoms with Gasteiger partial charge in [-0.3, -0.25) is 9.59 Å². The molecule has 0 aromatic heterocycles. The fourth-order valence-electron chi connectivity index (χ4n) is 8.38. The van der Waals surface area contributed by atoms with Gasteiger partial charge in [-0.05, 0) is 83.5 Å².